The minimum atomic E-state index is -0.580. The molecule has 0 aliphatic carbocycles. The number of rotatable bonds is 5. The molecular formula is C14H22N2O2. The van der Waals surface area contributed by atoms with E-state index in [1.165, 1.54) is 0 Å². The highest BCUT2D eigenvalue weighted by molar-refractivity contribution is 5.76. The van der Waals surface area contributed by atoms with Crippen LogP contribution < -0.4 is 11.2 Å². The molecule has 100 valence electrons. The minimum Gasteiger partial charge on any atom is -0.342 e. The van der Waals surface area contributed by atoms with E-state index in [2.05, 4.69) is 11.5 Å². The van der Waals surface area contributed by atoms with E-state index < -0.39 is 12.0 Å². The number of hydrogen-bond donors (Lipinski definition) is 2. The third kappa shape index (κ3) is 4.75. The highest BCUT2D eigenvalue weighted by Crippen LogP contribution is 2.14. The van der Waals surface area contributed by atoms with Gasteiger partial charge in [0, 0.05) is 0 Å². The maximum absolute atomic E-state index is 11.6. The Labute approximate surface area is 108 Å². The second-order valence-corrected chi connectivity index (χ2v) is 5.14. The number of carbonyl (C=O) groups is 1. The Morgan fingerprint density at radius 2 is 1.83 bits per heavy atom. The van der Waals surface area contributed by atoms with Crippen LogP contribution in [0.2, 0.25) is 0 Å². The third-order valence-corrected chi connectivity index (χ3v) is 2.52. The molecule has 0 fully saturated rings. The van der Waals surface area contributed by atoms with Crippen molar-refractivity contribution < 1.29 is 9.63 Å². The molecule has 1 rings (SSSR count). The Balaban J connectivity index is 2.52. The first-order chi connectivity index (χ1) is 8.38. The molecule has 0 aromatic heterocycles. The summed E-state index contributed by atoms with van der Waals surface area (Å²) in [5, 5.41) is 0. The van der Waals surface area contributed by atoms with Gasteiger partial charge in [0.05, 0.1) is 5.69 Å². The third-order valence-electron chi connectivity index (χ3n) is 2.52. The molecule has 0 radical (unpaired) electrons. The van der Waals surface area contributed by atoms with Gasteiger partial charge in [-0.25, -0.2) is 10.3 Å². The molecule has 1 atom stereocenters. The topological polar surface area (TPSA) is 64.3 Å². The molecule has 0 spiro atoms. The zero-order valence-electron chi connectivity index (χ0n) is 11.5. The Bertz CT molecular complexity index is 396. The number of carbonyl (C=O) groups excluding carboxylic acids is 1. The summed E-state index contributed by atoms with van der Waals surface area (Å²) in [6, 6.07) is 5.29. The molecule has 1 aromatic rings. The van der Waals surface area contributed by atoms with Gasteiger partial charge in [0.25, 0.3) is 0 Å². The molecule has 0 unspecified atom stereocenters. The summed E-state index contributed by atoms with van der Waals surface area (Å²) >= 11 is 0. The molecule has 4 nitrogen and oxygen atoms in total. The molecule has 0 amide bonds. The largest absolute Gasteiger partial charge is 0.348 e. The van der Waals surface area contributed by atoms with Gasteiger partial charge in [-0.3, -0.25) is 0 Å². The summed E-state index contributed by atoms with van der Waals surface area (Å²) in [6.07, 6.45) is 0.618. The zero-order valence-corrected chi connectivity index (χ0v) is 11.5. The quantitative estimate of drug-likeness (QED) is 0.788. The van der Waals surface area contributed by atoms with Crippen molar-refractivity contribution in [2.75, 3.05) is 5.48 Å². The smallest absolute Gasteiger partial charge is 0.342 e. The van der Waals surface area contributed by atoms with Crippen molar-refractivity contribution in [1.82, 2.24) is 0 Å². The number of benzene rings is 1. The molecule has 0 bridgehead atoms. The lowest BCUT2D eigenvalue weighted by Gasteiger charge is -2.14. The van der Waals surface area contributed by atoms with Crippen molar-refractivity contribution in [2.24, 2.45) is 11.7 Å². The first-order valence-electron chi connectivity index (χ1n) is 6.19. The Hall–Kier alpha value is -1.55. The minimum absolute atomic E-state index is 0.369. The van der Waals surface area contributed by atoms with E-state index in [4.69, 9.17) is 10.6 Å². The van der Waals surface area contributed by atoms with Crippen LogP contribution in [0, 0.1) is 19.8 Å². The monoisotopic (exact) mass is 250 g/mol. The van der Waals surface area contributed by atoms with Gasteiger partial charge >= 0.3 is 5.97 Å². The van der Waals surface area contributed by atoms with E-state index >= 15 is 0 Å². The van der Waals surface area contributed by atoms with Gasteiger partial charge in [-0.05, 0) is 49.4 Å². The summed E-state index contributed by atoms with van der Waals surface area (Å²) < 4.78 is 0. The van der Waals surface area contributed by atoms with E-state index in [9.17, 15) is 4.79 Å². The van der Waals surface area contributed by atoms with Gasteiger partial charge in [0.2, 0.25) is 0 Å². The van der Waals surface area contributed by atoms with Crippen molar-refractivity contribution in [2.45, 2.75) is 40.2 Å². The molecule has 18 heavy (non-hydrogen) atoms. The van der Waals surface area contributed by atoms with Gasteiger partial charge in [0.15, 0.2) is 0 Å². The van der Waals surface area contributed by atoms with Crippen LogP contribution >= 0.6 is 0 Å². The fourth-order valence-electron chi connectivity index (χ4n) is 1.82. The summed E-state index contributed by atoms with van der Waals surface area (Å²) in [5.41, 5.74) is 11.4. The highest BCUT2D eigenvalue weighted by atomic mass is 16.7. The van der Waals surface area contributed by atoms with E-state index in [1.807, 2.05) is 39.8 Å². The lowest BCUT2D eigenvalue weighted by atomic mass is 10.1. The fourth-order valence-corrected chi connectivity index (χ4v) is 1.82. The molecule has 0 heterocycles. The summed E-state index contributed by atoms with van der Waals surface area (Å²) in [5.74, 6) is -0.0587. The molecule has 1 aromatic carbocycles. The second-order valence-electron chi connectivity index (χ2n) is 5.14. The van der Waals surface area contributed by atoms with Gasteiger partial charge in [-0.15, -0.1) is 0 Å². The van der Waals surface area contributed by atoms with Crippen molar-refractivity contribution in [3.05, 3.63) is 29.3 Å². The first kappa shape index (κ1) is 14.5. The number of hydrogen-bond acceptors (Lipinski definition) is 4. The van der Waals surface area contributed by atoms with Crippen LogP contribution in [0.15, 0.2) is 18.2 Å². The van der Waals surface area contributed by atoms with E-state index in [-0.39, 0.29) is 0 Å². The van der Waals surface area contributed by atoms with Crippen LogP contribution in [-0.4, -0.2) is 12.0 Å². The van der Waals surface area contributed by atoms with Gasteiger partial charge < -0.3 is 10.6 Å². The van der Waals surface area contributed by atoms with Crippen LogP contribution in [0.5, 0.6) is 0 Å². The number of anilines is 1. The van der Waals surface area contributed by atoms with Gasteiger partial charge in [-0.2, -0.15) is 0 Å². The van der Waals surface area contributed by atoms with E-state index in [1.54, 1.807) is 0 Å². The predicted octanol–water partition coefficient (Wildman–Crippen LogP) is 2.55. The highest BCUT2D eigenvalue weighted by Gasteiger charge is 2.16. The number of nitrogens with one attached hydrogen (secondary N) is 1. The summed E-state index contributed by atoms with van der Waals surface area (Å²) in [7, 11) is 0. The Kier molecular flexibility index (Phi) is 5.16. The lowest BCUT2D eigenvalue weighted by molar-refractivity contribution is -0.142. The maximum atomic E-state index is 11.6. The first-order valence-corrected chi connectivity index (χ1v) is 6.19. The molecule has 3 N–H and O–H groups in total. The fraction of sp³-hybridized carbons (Fsp3) is 0.500. The maximum Gasteiger partial charge on any atom is 0.348 e. The molecule has 0 aliphatic rings. The Morgan fingerprint density at radius 1 is 1.28 bits per heavy atom. The van der Waals surface area contributed by atoms with Crippen LogP contribution in [-0.2, 0) is 9.63 Å². The molecular weight excluding hydrogens is 228 g/mol. The number of aryl methyl sites for hydroxylation is 2. The van der Waals surface area contributed by atoms with Crippen LogP contribution in [0.1, 0.15) is 31.4 Å². The van der Waals surface area contributed by atoms with Crippen molar-refractivity contribution >= 4 is 11.7 Å². The van der Waals surface area contributed by atoms with Crippen molar-refractivity contribution in [3.8, 4) is 0 Å². The average Bonchev–Trinajstić information content (AvgIpc) is 2.23. The normalized spacial score (nSPS) is 12.3. The van der Waals surface area contributed by atoms with Crippen molar-refractivity contribution in [3.63, 3.8) is 0 Å². The SMILES string of the molecule is Cc1cc(C)cc(NOC(=O)[C@@H](N)CC(C)C)c1. The lowest BCUT2D eigenvalue weighted by Crippen LogP contribution is -2.34. The van der Waals surface area contributed by atoms with Gasteiger partial charge in [-0.1, -0.05) is 19.9 Å². The van der Waals surface area contributed by atoms with E-state index in [0.717, 1.165) is 16.8 Å². The van der Waals surface area contributed by atoms with Crippen molar-refractivity contribution in [1.29, 1.82) is 0 Å². The molecule has 0 saturated carbocycles. The Morgan fingerprint density at radius 3 is 2.33 bits per heavy atom. The zero-order chi connectivity index (χ0) is 13.7. The van der Waals surface area contributed by atoms with Crippen LogP contribution in [0.3, 0.4) is 0 Å². The standard InChI is InChI=1S/C14H22N2O2/c1-9(2)5-13(15)14(17)18-16-12-7-10(3)6-11(4)8-12/h6-9,13,16H,5,15H2,1-4H3/t13-/m0/s1. The average molecular weight is 250 g/mol. The molecule has 0 saturated heterocycles. The van der Waals surface area contributed by atoms with Gasteiger partial charge in [0.1, 0.15) is 6.04 Å². The second kappa shape index (κ2) is 6.40. The summed E-state index contributed by atoms with van der Waals surface area (Å²) in [4.78, 5) is 16.6. The summed E-state index contributed by atoms with van der Waals surface area (Å²) in [6.45, 7) is 8.02. The molecule has 4 heteroatoms. The van der Waals surface area contributed by atoms with E-state index in [0.29, 0.717) is 12.3 Å². The predicted molar refractivity (Wildman–Crippen MR) is 73.1 cm³/mol. The number of nitrogens with two attached hydrogens (primary N) is 1. The van der Waals surface area contributed by atoms with Crippen LogP contribution in [0.4, 0.5) is 5.69 Å². The van der Waals surface area contributed by atoms with Crippen LogP contribution in [0.25, 0.3) is 0 Å². The molecule has 0 aliphatic heterocycles.